The molecule has 0 aliphatic carbocycles. The molecule has 4 heteroatoms. The van der Waals surface area contributed by atoms with E-state index in [4.69, 9.17) is 5.73 Å². The summed E-state index contributed by atoms with van der Waals surface area (Å²) in [4.78, 5) is 0. The summed E-state index contributed by atoms with van der Waals surface area (Å²) in [6, 6.07) is 10.3. The summed E-state index contributed by atoms with van der Waals surface area (Å²) < 4.78 is 0. The summed E-state index contributed by atoms with van der Waals surface area (Å²) in [5.41, 5.74) is 7.56. The number of aliphatic hydroxyl groups is 2. The zero-order valence-corrected chi connectivity index (χ0v) is 18.1. The number of aliphatic hydroxyl groups excluding tert-OH is 2. The first-order valence-electron chi connectivity index (χ1n) is 10.7. The van der Waals surface area contributed by atoms with Crippen LogP contribution in [0.1, 0.15) is 83.1 Å². The second kappa shape index (κ2) is 16.4. The van der Waals surface area contributed by atoms with Crippen LogP contribution >= 0.6 is 12.4 Å². The molecule has 2 atom stereocenters. The lowest BCUT2D eigenvalue weighted by molar-refractivity contribution is 0.144. The molecule has 4 N–H and O–H groups in total. The fraction of sp³-hybridized carbons (Fsp3) is 0.739. The third-order valence-electron chi connectivity index (χ3n) is 5.65. The average molecular weight is 400 g/mol. The Hall–Kier alpha value is -0.610. The molecule has 0 bridgehead atoms. The first-order chi connectivity index (χ1) is 12.7. The van der Waals surface area contributed by atoms with Crippen LogP contribution < -0.4 is 5.73 Å². The highest BCUT2D eigenvalue weighted by molar-refractivity contribution is 5.85. The van der Waals surface area contributed by atoms with E-state index in [1.807, 2.05) is 18.2 Å². The first-order valence-corrected chi connectivity index (χ1v) is 10.7. The highest BCUT2D eigenvalue weighted by Crippen LogP contribution is 2.31. The molecule has 27 heavy (non-hydrogen) atoms. The number of nitrogens with two attached hydrogens (primary N) is 1. The molecule has 0 aliphatic heterocycles. The lowest BCUT2D eigenvalue weighted by Crippen LogP contribution is -2.50. The quantitative estimate of drug-likeness (QED) is 0.332. The first kappa shape index (κ1) is 26.4. The summed E-state index contributed by atoms with van der Waals surface area (Å²) in [7, 11) is 0. The third kappa shape index (κ3) is 11.1. The van der Waals surface area contributed by atoms with Crippen molar-refractivity contribution in [3.8, 4) is 0 Å². The van der Waals surface area contributed by atoms with Crippen LogP contribution in [0.5, 0.6) is 0 Å². The van der Waals surface area contributed by atoms with E-state index in [0.29, 0.717) is 6.42 Å². The third-order valence-corrected chi connectivity index (χ3v) is 5.65. The number of hydrogen-bond acceptors (Lipinski definition) is 3. The molecule has 1 rings (SSSR count). The van der Waals surface area contributed by atoms with Gasteiger partial charge in [0.15, 0.2) is 0 Å². The van der Waals surface area contributed by atoms with Gasteiger partial charge in [-0.2, -0.15) is 0 Å². The molecule has 0 saturated carbocycles. The van der Waals surface area contributed by atoms with Crippen molar-refractivity contribution >= 4 is 12.4 Å². The molecule has 158 valence electrons. The van der Waals surface area contributed by atoms with Crippen molar-refractivity contribution in [2.75, 3.05) is 13.2 Å². The van der Waals surface area contributed by atoms with Gasteiger partial charge in [0.25, 0.3) is 0 Å². The predicted molar refractivity (Wildman–Crippen MR) is 118 cm³/mol. The van der Waals surface area contributed by atoms with Gasteiger partial charge >= 0.3 is 0 Å². The fourth-order valence-corrected chi connectivity index (χ4v) is 4.02. The van der Waals surface area contributed by atoms with Crippen molar-refractivity contribution in [3.63, 3.8) is 0 Å². The predicted octanol–water partition coefficient (Wildman–Crippen LogP) is 5.26. The highest BCUT2D eigenvalue weighted by Gasteiger charge is 2.33. The second-order valence-electron chi connectivity index (χ2n) is 7.84. The topological polar surface area (TPSA) is 66.5 Å². The van der Waals surface area contributed by atoms with Crippen LogP contribution in [0.4, 0.5) is 0 Å². The molecule has 0 aromatic heterocycles. The van der Waals surface area contributed by atoms with Crippen molar-refractivity contribution < 1.29 is 10.2 Å². The van der Waals surface area contributed by atoms with Gasteiger partial charge in [0.2, 0.25) is 0 Å². The van der Waals surface area contributed by atoms with E-state index in [9.17, 15) is 10.2 Å². The minimum Gasteiger partial charge on any atom is -0.396 e. The van der Waals surface area contributed by atoms with Gasteiger partial charge in [0.05, 0.1) is 0 Å². The number of halogens is 1. The highest BCUT2D eigenvalue weighted by atomic mass is 35.5. The Labute approximate surface area is 173 Å². The van der Waals surface area contributed by atoms with Crippen molar-refractivity contribution in [2.24, 2.45) is 11.7 Å². The second-order valence-corrected chi connectivity index (χ2v) is 7.84. The van der Waals surface area contributed by atoms with Crippen molar-refractivity contribution in [2.45, 2.75) is 89.5 Å². The smallest absolute Gasteiger partial charge is 0.0448 e. The molecule has 0 aliphatic rings. The maximum absolute atomic E-state index is 9.57. The SMILES string of the molecule is CCCCCCCCCCC(CCO)C(N)(CCO)Cc1ccccc1.Cl. The molecule has 0 spiro atoms. The van der Waals surface area contributed by atoms with Gasteiger partial charge in [-0.3, -0.25) is 0 Å². The van der Waals surface area contributed by atoms with E-state index in [1.54, 1.807) is 0 Å². The Morgan fingerprint density at radius 1 is 0.852 bits per heavy atom. The molecule has 0 amide bonds. The van der Waals surface area contributed by atoms with Crippen LogP contribution in [-0.4, -0.2) is 29.0 Å². The van der Waals surface area contributed by atoms with Gasteiger partial charge in [0.1, 0.15) is 0 Å². The van der Waals surface area contributed by atoms with Gasteiger partial charge in [-0.05, 0) is 37.2 Å². The Bertz CT molecular complexity index is 443. The summed E-state index contributed by atoms with van der Waals surface area (Å²) >= 11 is 0. The Morgan fingerprint density at radius 3 is 2.00 bits per heavy atom. The van der Waals surface area contributed by atoms with Crippen molar-refractivity contribution in [3.05, 3.63) is 35.9 Å². The standard InChI is InChI=1S/C23H41NO2.ClH/c1-2-3-4-5-6-7-8-12-15-22(16-18-25)23(24,17-19-26)20-21-13-10-9-11-14-21;/h9-11,13-14,22,25-26H,2-8,12,15-20,24H2,1H3;1H. The zero-order chi connectivity index (χ0) is 19.1. The van der Waals surface area contributed by atoms with Crippen LogP contribution in [0.2, 0.25) is 0 Å². The van der Waals surface area contributed by atoms with Crippen LogP contribution in [-0.2, 0) is 6.42 Å². The van der Waals surface area contributed by atoms with E-state index >= 15 is 0 Å². The number of benzene rings is 1. The molecule has 2 unspecified atom stereocenters. The monoisotopic (exact) mass is 399 g/mol. The molecule has 0 radical (unpaired) electrons. The van der Waals surface area contributed by atoms with Crippen LogP contribution in [0.15, 0.2) is 30.3 Å². The molecule has 0 heterocycles. The Morgan fingerprint density at radius 2 is 1.44 bits per heavy atom. The Kier molecular flexibility index (Phi) is 16.0. The van der Waals surface area contributed by atoms with Gasteiger partial charge in [-0.1, -0.05) is 88.6 Å². The van der Waals surface area contributed by atoms with Gasteiger partial charge in [-0.25, -0.2) is 0 Å². The number of unbranched alkanes of at least 4 members (excludes halogenated alkanes) is 7. The molecular weight excluding hydrogens is 358 g/mol. The molecule has 1 aromatic carbocycles. The van der Waals surface area contributed by atoms with Gasteiger partial charge in [0, 0.05) is 18.8 Å². The number of rotatable bonds is 16. The van der Waals surface area contributed by atoms with Crippen LogP contribution in [0.3, 0.4) is 0 Å². The molecular formula is C23H42ClNO2. The summed E-state index contributed by atoms with van der Waals surface area (Å²) in [5, 5.41) is 19.1. The molecule has 3 nitrogen and oxygen atoms in total. The maximum Gasteiger partial charge on any atom is 0.0448 e. The lowest BCUT2D eigenvalue weighted by atomic mass is 9.73. The zero-order valence-electron chi connectivity index (χ0n) is 17.2. The minimum atomic E-state index is -0.444. The van der Waals surface area contributed by atoms with E-state index in [0.717, 1.165) is 25.7 Å². The van der Waals surface area contributed by atoms with Gasteiger partial charge < -0.3 is 15.9 Å². The molecule has 0 fully saturated rings. The average Bonchev–Trinajstić information content (AvgIpc) is 2.64. The summed E-state index contributed by atoms with van der Waals surface area (Å²) in [6.07, 6.45) is 13.5. The summed E-state index contributed by atoms with van der Waals surface area (Å²) in [6.45, 7) is 2.52. The number of hydrogen-bond donors (Lipinski definition) is 3. The van der Waals surface area contributed by atoms with Crippen LogP contribution in [0.25, 0.3) is 0 Å². The van der Waals surface area contributed by atoms with Gasteiger partial charge in [-0.15, -0.1) is 12.4 Å². The maximum atomic E-state index is 9.57. The van der Waals surface area contributed by atoms with Crippen molar-refractivity contribution in [1.29, 1.82) is 0 Å². The molecule has 1 aromatic rings. The van der Waals surface area contributed by atoms with E-state index in [2.05, 4.69) is 19.1 Å². The van der Waals surface area contributed by atoms with E-state index < -0.39 is 5.54 Å². The van der Waals surface area contributed by atoms with E-state index in [-0.39, 0.29) is 31.5 Å². The Balaban J connectivity index is 0.00000676. The largest absolute Gasteiger partial charge is 0.396 e. The molecule has 0 saturated heterocycles. The minimum absolute atomic E-state index is 0. The van der Waals surface area contributed by atoms with Crippen molar-refractivity contribution in [1.82, 2.24) is 0 Å². The lowest BCUT2D eigenvalue weighted by Gasteiger charge is -2.38. The fourth-order valence-electron chi connectivity index (χ4n) is 4.02. The summed E-state index contributed by atoms with van der Waals surface area (Å²) in [5.74, 6) is 0.250. The van der Waals surface area contributed by atoms with E-state index in [1.165, 1.54) is 50.5 Å². The normalized spacial score (nSPS) is 14.4. The van der Waals surface area contributed by atoms with Crippen LogP contribution in [0, 0.1) is 5.92 Å².